The molecule has 0 atom stereocenters. The Bertz CT molecular complexity index is 85.1. The second-order valence-corrected chi connectivity index (χ2v) is 1.84. The summed E-state index contributed by atoms with van der Waals surface area (Å²) in [7, 11) is 1.50. The molecule has 2 N–H and O–H groups in total. The Morgan fingerprint density at radius 3 is 1.78 bits per heavy atom. The van der Waals surface area contributed by atoms with Gasteiger partial charge >= 0.3 is 0 Å². The second-order valence-electron chi connectivity index (χ2n) is 1.84. The molecule has 0 radical (unpaired) electrons. The minimum absolute atomic E-state index is 0.188. The van der Waals surface area contributed by atoms with E-state index in [0.29, 0.717) is 6.42 Å². The highest BCUT2D eigenvalue weighted by atomic mass is 16.1. The lowest BCUT2D eigenvalue weighted by atomic mass is 10.2. The number of nitrogens with two attached hydrogens (primary N) is 1. The van der Waals surface area contributed by atoms with Gasteiger partial charge in [-0.15, -0.1) is 0 Å². The van der Waals surface area contributed by atoms with Crippen LogP contribution >= 0.6 is 0 Å². The van der Waals surface area contributed by atoms with Crippen LogP contribution in [0.4, 0.5) is 0 Å². The van der Waals surface area contributed by atoms with Gasteiger partial charge in [0.15, 0.2) is 0 Å². The number of ketones is 1. The lowest BCUT2D eigenvalue weighted by Gasteiger charge is -1.87. The molecular formula is C7H15NO. The summed E-state index contributed by atoms with van der Waals surface area (Å²) in [4.78, 5) is 10.2. The van der Waals surface area contributed by atoms with Gasteiger partial charge in [0, 0.05) is 6.42 Å². The Morgan fingerprint density at radius 1 is 1.44 bits per heavy atom. The Balaban J connectivity index is 0. The zero-order valence-electron chi connectivity index (χ0n) is 6.40. The molecule has 2 nitrogen and oxygen atoms in total. The fourth-order valence-electron chi connectivity index (χ4n) is 0.425. The van der Waals surface area contributed by atoms with E-state index >= 15 is 0 Å². The van der Waals surface area contributed by atoms with Gasteiger partial charge in [0.25, 0.3) is 0 Å². The molecule has 0 bridgehead atoms. The Morgan fingerprint density at radius 2 is 1.78 bits per heavy atom. The monoisotopic (exact) mass is 129 g/mol. The van der Waals surface area contributed by atoms with Gasteiger partial charge in [0.2, 0.25) is 0 Å². The van der Waals surface area contributed by atoms with Gasteiger partial charge in [-0.1, -0.05) is 12.2 Å². The molecule has 2 heteroatoms. The molecule has 0 aromatic heterocycles. The maximum absolute atomic E-state index is 10.2. The first kappa shape index (κ1) is 11.2. The Labute approximate surface area is 56.7 Å². The molecule has 0 rings (SSSR count). The maximum Gasteiger partial charge on any atom is 0.133 e. The van der Waals surface area contributed by atoms with E-state index < -0.39 is 0 Å². The first-order chi connectivity index (χ1) is 4.13. The molecule has 0 amide bonds. The third-order valence-corrected chi connectivity index (χ3v) is 0.551. The molecule has 0 heterocycles. The highest BCUT2D eigenvalue weighted by Crippen LogP contribution is 1.93. The zero-order valence-corrected chi connectivity index (χ0v) is 6.40. The number of rotatable bonds is 2. The Kier molecular flexibility index (Phi) is 9.18. The van der Waals surface area contributed by atoms with E-state index in [1.165, 1.54) is 7.05 Å². The van der Waals surface area contributed by atoms with E-state index in [1.54, 1.807) is 6.92 Å². The summed E-state index contributed by atoms with van der Waals surface area (Å²) < 4.78 is 0. The van der Waals surface area contributed by atoms with Crippen LogP contribution < -0.4 is 5.73 Å². The molecule has 0 spiro atoms. The second kappa shape index (κ2) is 7.37. The van der Waals surface area contributed by atoms with Crippen molar-refractivity contribution in [3.63, 3.8) is 0 Å². The van der Waals surface area contributed by atoms with Gasteiger partial charge in [0.1, 0.15) is 5.78 Å². The average molecular weight is 129 g/mol. The van der Waals surface area contributed by atoms with Gasteiger partial charge in [-0.05, 0) is 20.9 Å². The lowest BCUT2D eigenvalue weighted by Crippen LogP contribution is -1.87. The number of hydrogen-bond acceptors (Lipinski definition) is 2. The SMILES string of the molecule is C=C(C)CC(C)=O.CN. The van der Waals surface area contributed by atoms with Crippen molar-refractivity contribution in [1.29, 1.82) is 0 Å². The van der Waals surface area contributed by atoms with Crippen LogP contribution in [0, 0.1) is 0 Å². The van der Waals surface area contributed by atoms with Crippen LogP contribution in [0.25, 0.3) is 0 Å². The average Bonchev–Trinajstić information content (AvgIpc) is 1.68. The predicted molar refractivity (Wildman–Crippen MR) is 40.2 cm³/mol. The van der Waals surface area contributed by atoms with E-state index in [9.17, 15) is 4.79 Å². The molecule has 0 saturated heterocycles. The molecule has 0 aromatic rings. The van der Waals surface area contributed by atoms with Crippen molar-refractivity contribution >= 4 is 5.78 Å². The third kappa shape index (κ3) is 18.7. The minimum Gasteiger partial charge on any atom is -0.333 e. The van der Waals surface area contributed by atoms with Gasteiger partial charge in [-0.2, -0.15) is 0 Å². The first-order valence-corrected chi connectivity index (χ1v) is 2.84. The number of Topliss-reactive ketones (excluding diaryl/α,β-unsaturated/α-hetero) is 1. The van der Waals surface area contributed by atoms with Crippen LogP contribution in [0.5, 0.6) is 0 Å². The van der Waals surface area contributed by atoms with Crippen LogP contribution in [-0.4, -0.2) is 12.8 Å². The summed E-state index contributed by atoms with van der Waals surface area (Å²) in [6.45, 7) is 6.99. The summed E-state index contributed by atoms with van der Waals surface area (Å²) >= 11 is 0. The molecule has 0 aliphatic heterocycles. The molecule has 0 fully saturated rings. The summed E-state index contributed by atoms with van der Waals surface area (Å²) in [5, 5.41) is 0. The highest BCUT2D eigenvalue weighted by molar-refractivity contribution is 5.77. The van der Waals surface area contributed by atoms with E-state index in [0.717, 1.165) is 5.57 Å². The van der Waals surface area contributed by atoms with Crippen LogP contribution in [0.2, 0.25) is 0 Å². The zero-order chi connectivity index (χ0) is 7.86. The molecule has 0 aromatic carbocycles. The third-order valence-electron chi connectivity index (χ3n) is 0.551. The van der Waals surface area contributed by atoms with Crippen molar-refractivity contribution in [1.82, 2.24) is 0 Å². The summed E-state index contributed by atoms with van der Waals surface area (Å²) in [6, 6.07) is 0. The van der Waals surface area contributed by atoms with Crippen molar-refractivity contribution < 1.29 is 4.79 Å². The van der Waals surface area contributed by atoms with Crippen LogP contribution in [0.3, 0.4) is 0 Å². The molecule has 54 valence electrons. The van der Waals surface area contributed by atoms with Gasteiger partial charge in [-0.25, -0.2) is 0 Å². The van der Waals surface area contributed by atoms with E-state index in [-0.39, 0.29) is 5.78 Å². The molecule has 9 heavy (non-hydrogen) atoms. The van der Waals surface area contributed by atoms with Crippen LogP contribution in [0.15, 0.2) is 12.2 Å². The van der Waals surface area contributed by atoms with Gasteiger partial charge in [0.05, 0.1) is 0 Å². The minimum atomic E-state index is 0.188. The number of carbonyl (C=O) groups is 1. The van der Waals surface area contributed by atoms with Crippen molar-refractivity contribution in [2.75, 3.05) is 7.05 Å². The predicted octanol–water partition coefficient (Wildman–Crippen LogP) is 1.12. The maximum atomic E-state index is 10.2. The standard InChI is InChI=1S/C6H10O.CH5N/c1-5(2)4-6(3)7;1-2/h1,4H2,2-3H3;2H2,1H3. The topological polar surface area (TPSA) is 43.1 Å². The molecule has 0 aliphatic rings. The van der Waals surface area contributed by atoms with Crippen molar-refractivity contribution in [3.05, 3.63) is 12.2 Å². The van der Waals surface area contributed by atoms with Crippen molar-refractivity contribution in [2.24, 2.45) is 5.73 Å². The number of hydrogen-bond donors (Lipinski definition) is 1. The van der Waals surface area contributed by atoms with Crippen LogP contribution in [-0.2, 0) is 4.79 Å². The quantitative estimate of drug-likeness (QED) is 0.568. The lowest BCUT2D eigenvalue weighted by molar-refractivity contribution is -0.116. The number of carbonyl (C=O) groups excluding carboxylic acids is 1. The van der Waals surface area contributed by atoms with E-state index in [2.05, 4.69) is 12.3 Å². The normalized spacial score (nSPS) is 7.11. The van der Waals surface area contributed by atoms with E-state index in [4.69, 9.17) is 0 Å². The van der Waals surface area contributed by atoms with Gasteiger partial charge < -0.3 is 5.73 Å². The highest BCUT2D eigenvalue weighted by Gasteiger charge is 1.88. The molecule has 0 unspecified atom stereocenters. The molecular weight excluding hydrogens is 114 g/mol. The fourth-order valence-corrected chi connectivity index (χ4v) is 0.425. The van der Waals surface area contributed by atoms with Crippen molar-refractivity contribution in [3.8, 4) is 0 Å². The summed E-state index contributed by atoms with van der Waals surface area (Å²) in [5.41, 5.74) is 5.44. The smallest absolute Gasteiger partial charge is 0.133 e. The Hall–Kier alpha value is -0.630. The number of allylic oxidation sites excluding steroid dienone is 1. The summed E-state index contributed by atoms with van der Waals surface area (Å²) in [5.74, 6) is 0.188. The molecule has 0 saturated carbocycles. The molecule has 0 aliphatic carbocycles. The van der Waals surface area contributed by atoms with E-state index in [1.807, 2.05) is 6.92 Å². The van der Waals surface area contributed by atoms with Crippen molar-refractivity contribution in [2.45, 2.75) is 20.3 Å². The van der Waals surface area contributed by atoms with Gasteiger partial charge in [-0.3, -0.25) is 4.79 Å². The fraction of sp³-hybridized carbons (Fsp3) is 0.571. The van der Waals surface area contributed by atoms with Crippen LogP contribution in [0.1, 0.15) is 20.3 Å². The first-order valence-electron chi connectivity index (χ1n) is 2.84. The largest absolute Gasteiger partial charge is 0.333 e. The summed E-state index contributed by atoms with van der Waals surface area (Å²) in [6.07, 6.45) is 0.528.